The van der Waals surface area contributed by atoms with Crippen LogP contribution in [0.5, 0.6) is 0 Å². The van der Waals surface area contributed by atoms with Gasteiger partial charge in [-0.25, -0.2) is 4.39 Å². The highest BCUT2D eigenvalue weighted by molar-refractivity contribution is 9.10. The lowest BCUT2D eigenvalue weighted by Gasteiger charge is -2.21. The molecule has 1 aliphatic rings. The number of carbonyl (C=O) groups excluding carboxylic acids is 1. The van der Waals surface area contributed by atoms with E-state index < -0.39 is 6.10 Å². The monoisotopic (exact) mass is 302 g/mol. The SMILES string of the molecule is O=C(Cc1ccc(F)cc1Br)C1COCCO1. The first-order valence-corrected chi connectivity index (χ1v) is 6.12. The van der Waals surface area contributed by atoms with Crippen molar-refractivity contribution in [1.29, 1.82) is 0 Å². The lowest BCUT2D eigenvalue weighted by atomic mass is 10.1. The quantitative estimate of drug-likeness (QED) is 0.858. The molecule has 0 bridgehead atoms. The number of halogens is 2. The molecule has 17 heavy (non-hydrogen) atoms. The zero-order valence-electron chi connectivity index (χ0n) is 9.12. The number of benzene rings is 1. The van der Waals surface area contributed by atoms with E-state index in [-0.39, 0.29) is 18.0 Å². The van der Waals surface area contributed by atoms with Crippen LogP contribution in [0.15, 0.2) is 22.7 Å². The van der Waals surface area contributed by atoms with Crippen molar-refractivity contribution < 1.29 is 18.7 Å². The van der Waals surface area contributed by atoms with E-state index in [1.54, 1.807) is 6.07 Å². The zero-order valence-corrected chi connectivity index (χ0v) is 10.7. The molecule has 0 aliphatic carbocycles. The highest BCUT2D eigenvalue weighted by Gasteiger charge is 2.23. The summed E-state index contributed by atoms with van der Waals surface area (Å²) >= 11 is 3.24. The van der Waals surface area contributed by atoms with Gasteiger partial charge in [0.2, 0.25) is 0 Å². The largest absolute Gasteiger partial charge is 0.376 e. The summed E-state index contributed by atoms with van der Waals surface area (Å²) in [6.07, 6.45) is -0.282. The maximum atomic E-state index is 12.9. The summed E-state index contributed by atoms with van der Waals surface area (Å²) in [4.78, 5) is 11.9. The maximum absolute atomic E-state index is 12.9. The molecule has 0 amide bonds. The Morgan fingerprint density at radius 2 is 2.29 bits per heavy atom. The van der Waals surface area contributed by atoms with Gasteiger partial charge in [-0.3, -0.25) is 4.79 Å². The van der Waals surface area contributed by atoms with Gasteiger partial charge in [0.25, 0.3) is 0 Å². The molecule has 1 unspecified atom stereocenters. The number of ether oxygens (including phenoxy) is 2. The summed E-state index contributed by atoms with van der Waals surface area (Å²) in [5.41, 5.74) is 0.755. The fourth-order valence-corrected chi connectivity index (χ4v) is 2.13. The van der Waals surface area contributed by atoms with Gasteiger partial charge in [0, 0.05) is 10.9 Å². The zero-order chi connectivity index (χ0) is 12.3. The number of Topliss-reactive ketones (excluding diaryl/α,β-unsaturated/α-hetero) is 1. The summed E-state index contributed by atoms with van der Waals surface area (Å²) in [5, 5.41) is 0. The smallest absolute Gasteiger partial charge is 0.168 e. The van der Waals surface area contributed by atoms with Gasteiger partial charge in [-0.15, -0.1) is 0 Å². The molecule has 1 aromatic carbocycles. The van der Waals surface area contributed by atoms with Gasteiger partial charge < -0.3 is 9.47 Å². The van der Waals surface area contributed by atoms with Crippen LogP contribution >= 0.6 is 15.9 Å². The Labute approximate surface area is 107 Å². The fraction of sp³-hybridized carbons (Fsp3) is 0.417. The molecule has 0 spiro atoms. The second-order valence-corrected chi connectivity index (χ2v) is 4.67. The van der Waals surface area contributed by atoms with Crippen molar-refractivity contribution in [2.75, 3.05) is 19.8 Å². The second kappa shape index (κ2) is 5.71. The molecule has 0 saturated carbocycles. The molecule has 1 fully saturated rings. The van der Waals surface area contributed by atoms with E-state index in [0.29, 0.717) is 24.3 Å². The van der Waals surface area contributed by atoms with E-state index in [9.17, 15) is 9.18 Å². The van der Waals surface area contributed by atoms with Crippen molar-refractivity contribution >= 4 is 21.7 Å². The molecule has 92 valence electrons. The predicted molar refractivity (Wildman–Crippen MR) is 63.4 cm³/mol. The fourth-order valence-electron chi connectivity index (χ4n) is 1.64. The normalized spacial score (nSPS) is 20.2. The van der Waals surface area contributed by atoms with Gasteiger partial charge in [0.05, 0.1) is 19.8 Å². The van der Waals surface area contributed by atoms with E-state index in [0.717, 1.165) is 5.56 Å². The van der Waals surface area contributed by atoms with E-state index >= 15 is 0 Å². The highest BCUT2D eigenvalue weighted by atomic mass is 79.9. The molecule has 1 atom stereocenters. The van der Waals surface area contributed by atoms with Crippen LogP contribution in [-0.2, 0) is 20.7 Å². The van der Waals surface area contributed by atoms with Crippen molar-refractivity contribution in [1.82, 2.24) is 0 Å². The lowest BCUT2D eigenvalue weighted by molar-refractivity contribution is -0.144. The Kier molecular flexibility index (Phi) is 4.25. The molecule has 1 aromatic rings. The van der Waals surface area contributed by atoms with Gasteiger partial charge in [0.15, 0.2) is 5.78 Å². The van der Waals surface area contributed by atoms with E-state index in [1.165, 1.54) is 12.1 Å². The standard InChI is InChI=1S/C12H12BrFO3/c13-10-6-9(14)2-1-8(10)5-11(15)12-7-16-3-4-17-12/h1-2,6,12H,3-5,7H2. The number of hydrogen-bond donors (Lipinski definition) is 0. The van der Waals surface area contributed by atoms with Crippen molar-refractivity contribution in [3.05, 3.63) is 34.1 Å². The van der Waals surface area contributed by atoms with Gasteiger partial charge in [-0.2, -0.15) is 0 Å². The number of rotatable bonds is 3. The Morgan fingerprint density at radius 3 is 2.94 bits per heavy atom. The summed E-state index contributed by atoms with van der Waals surface area (Å²) in [5.74, 6) is -0.373. The van der Waals surface area contributed by atoms with Gasteiger partial charge in [-0.1, -0.05) is 22.0 Å². The molecule has 0 aromatic heterocycles. The summed E-state index contributed by atoms with van der Waals surface area (Å²) in [6.45, 7) is 1.28. The lowest BCUT2D eigenvalue weighted by Crippen LogP contribution is -2.36. The van der Waals surface area contributed by atoms with E-state index in [1.807, 2.05) is 0 Å². The molecule has 1 heterocycles. The van der Waals surface area contributed by atoms with Crippen LogP contribution in [0.3, 0.4) is 0 Å². The molecule has 3 nitrogen and oxygen atoms in total. The number of hydrogen-bond acceptors (Lipinski definition) is 3. The van der Waals surface area contributed by atoms with Crippen molar-refractivity contribution in [2.24, 2.45) is 0 Å². The van der Waals surface area contributed by atoms with Crippen LogP contribution in [0, 0.1) is 5.82 Å². The van der Waals surface area contributed by atoms with Crippen LogP contribution in [0.1, 0.15) is 5.56 Å². The van der Waals surface area contributed by atoms with Crippen molar-refractivity contribution in [3.63, 3.8) is 0 Å². The third kappa shape index (κ3) is 3.34. The Hall–Kier alpha value is -0.780. The molecular weight excluding hydrogens is 291 g/mol. The Bertz CT molecular complexity index is 416. The van der Waals surface area contributed by atoms with Gasteiger partial charge in [-0.05, 0) is 17.7 Å². The van der Waals surface area contributed by atoms with Crippen LogP contribution in [0.4, 0.5) is 4.39 Å². The minimum absolute atomic E-state index is 0.0444. The maximum Gasteiger partial charge on any atom is 0.168 e. The third-order valence-electron chi connectivity index (χ3n) is 2.55. The van der Waals surface area contributed by atoms with E-state index in [2.05, 4.69) is 15.9 Å². The number of carbonyl (C=O) groups is 1. The summed E-state index contributed by atoms with van der Waals surface area (Å²) in [6, 6.07) is 4.29. The molecule has 0 N–H and O–H groups in total. The van der Waals surface area contributed by atoms with Crippen molar-refractivity contribution in [3.8, 4) is 0 Å². The first-order chi connectivity index (χ1) is 8.16. The predicted octanol–water partition coefficient (Wildman–Crippen LogP) is 2.12. The molecule has 1 saturated heterocycles. The average Bonchev–Trinajstić information content (AvgIpc) is 2.34. The Morgan fingerprint density at radius 1 is 1.47 bits per heavy atom. The topological polar surface area (TPSA) is 35.5 Å². The average molecular weight is 303 g/mol. The van der Waals surface area contributed by atoms with E-state index in [4.69, 9.17) is 9.47 Å². The minimum Gasteiger partial charge on any atom is -0.376 e. The van der Waals surface area contributed by atoms with Crippen LogP contribution in [-0.4, -0.2) is 31.7 Å². The first-order valence-electron chi connectivity index (χ1n) is 5.33. The van der Waals surface area contributed by atoms with Gasteiger partial charge >= 0.3 is 0 Å². The second-order valence-electron chi connectivity index (χ2n) is 3.81. The molecule has 5 heteroatoms. The summed E-state index contributed by atoms with van der Waals surface area (Å²) < 4.78 is 24.0. The number of ketones is 1. The van der Waals surface area contributed by atoms with Crippen molar-refractivity contribution in [2.45, 2.75) is 12.5 Å². The molecule has 2 rings (SSSR count). The Balaban J connectivity index is 2.02. The van der Waals surface area contributed by atoms with Crippen LogP contribution < -0.4 is 0 Å². The highest BCUT2D eigenvalue weighted by Crippen LogP contribution is 2.19. The van der Waals surface area contributed by atoms with Crippen LogP contribution in [0.25, 0.3) is 0 Å². The molecular formula is C12H12BrFO3. The first kappa shape index (κ1) is 12.7. The summed E-state index contributed by atoms with van der Waals surface area (Å²) in [7, 11) is 0. The third-order valence-corrected chi connectivity index (χ3v) is 3.29. The molecule has 0 radical (unpaired) electrons. The van der Waals surface area contributed by atoms with Crippen LogP contribution in [0.2, 0.25) is 0 Å². The molecule has 1 aliphatic heterocycles. The minimum atomic E-state index is -0.499. The van der Waals surface area contributed by atoms with Gasteiger partial charge in [0.1, 0.15) is 11.9 Å².